The molecule has 3 heterocycles. The normalized spacial score (nSPS) is 16.1. The van der Waals surface area contributed by atoms with Crippen molar-refractivity contribution >= 4 is 61.4 Å². The van der Waals surface area contributed by atoms with Gasteiger partial charge in [0.1, 0.15) is 35.4 Å². The number of aryl methyl sites for hydroxylation is 6. The minimum Gasteiger partial charge on any atom is -0.483 e. The van der Waals surface area contributed by atoms with Crippen LogP contribution in [0.4, 0.5) is 14.4 Å². The van der Waals surface area contributed by atoms with Gasteiger partial charge in [-0.25, -0.2) is 18.9 Å². The second kappa shape index (κ2) is 52.4. The summed E-state index contributed by atoms with van der Waals surface area (Å²) in [7, 11) is -6.01. The first kappa shape index (κ1) is 106. The fourth-order valence-electron chi connectivity index (χ4n) is 19.2. The number of carbonyl (C=O) groups is 9. The van der Waals surface area contributed by atoms with Crippen LogP contribution in [0.2, 0.25) is 0 Å². The van der Waals surface area contributed by atoms with Crippen LogP contribution in [-0.2, 0) is 85.4 Å². The molecule has 0 bridgehead atoms. The fourth-order valence-corrected chi connectivity index (χ4v) is 21.1. The van der Waals surface area contributed by atoms with E-state index < -0.39 is 172 Å². The molecule has 0 radical (unpaired) electrons. The summed E-state index contributed by atoms with van der Waals surface area (Å²) < 4.78 is 63.1. The number of carbonyl (C=O) groups excluding carboxylic acids is 9. The van der Waals surface area contributed by atoms with E-state index in [2.05, 4.69) is 47.9 Å². The van der Waals surface area contributed by atoms with E-state index in [0.29, 0.717) is 72.8 Å². The Bertz CT molecular complexity index is 5000. The molecule has 12 amide bonds. The van der Waals surface area contributed by atoms with E-state index in [9.17, 15) is 14.4 Å². The van der Waals surface area contributed by atoms with Crippen molar-refractivity contribution in [3.05, 3.63) is 303 Å². The zero-order valence-corrected chi connectivity index (χ0v) is 83.7. The molecule has 0 saturated carbocycles. The van der Waals surface area contributed by atoms with Crippen LogP contribution in [0.3, 0.4) is 0 Å². The van der Waals surface area contributed by atoms with Crippen LogP contribution in [0.25, 0.3) is 0 Å². The van der Waals surface area contributed by atoms with Gasteiger partial charge in [-0.15, -0.1) is 0 Å². The SMILES string of the molecule is Cc1cccc(C)c1OCC(=O)N[C@@H](Cc1ccccc1)[C@H](C[C@H](Cc1ccccc1)NC(=O)[C@H](C(C)C)N1CCCNC1=O)OP(=O)(O[C@@H](C[C@H](Cc1ccccc1)NC(=O)[C@H](C(C)C)N1CCCNC1=O)[C@H](Cc1ccccc1)NC(=O)COc1c(C)cccc1C)O[C@@H](C[C@H](Cc1ccccc1)NC(=O)[C@H](C(C)C)N1CCCNC1=O)[C@H](Cc1ccccc1)NC(=O)COc1c(C)cccc1C. The first-order valence-electron chi connectivity index (χ1n) is 49.3. The predicted octanol–water partition coefficient (Wildman–Crippen LogP) is 15.2. The summed E-state index contributed by atoms with van der Waals surface area (Å²) in [4.78, 5) is 143. The number of para-hydroxylation sites is 3. The van der Waals surface area contributed by atoms with Crippen LogP contribution in [0.15, 0.2) is 237 Å². The topological polar surface area (TPSA) is 344 Å². The maximum Gasteiger partial charge on any atom is 0.475 e. The largest absolute Gasteiger partial charge is 0.483 e. The summed E-state index contributed by atoms with van der Waals surface area (Å²) in [6, 6.07) is 61.3. The molecule has 3 fully saturated rings. The Balaban J connectivity index is 1.15. The molecule has 9 aromatic rings. The number of benzene rings is 9. The fraction of sp³-hybridized carbons (Fsp3) is 0.432. The summed E-state index contributed by atoms with van der Waals surface area (Å²) in [5, 5.41) is 29.0. The second-order valence-corrected chi connectivity index (χ2v) is 39.8. The molecular weight excluding hydrogens is 1790 g/mol. The zero-order valence-electron chi connectivity index (χ0n) is 82.8. The van der Waals surface area contributed by atoms with E-state index >= 15 is 33.3 Å². The van der Waals surface area contributed by atoms with Crippen LogP contribution in [0.1, 0.15) is 147 Å². The van der Waals surface area contributed by atoms with E-state index in [0.717, 1.165) is 50.1 Å². The zero-order chi connectivity index (χ0) is 99.8. The number of nitrogens with zero attached hydrogens (tertiary/aromatic N) is 3. The molecule has 3 aliphatic heterocycles. The lowest BCUT2D eigenvalue weighted by atomic mass is 9.92. The molecule has 29 heteroatoms. The third-order valence-electron chi connectivity index (χ3n) is 26.0. The summed E-state index contributed by atoms with van der Waals surface area (Å²) in [5.74, 6) is -3.53. The molecule has 0 aliphatic carbocycles. The van der Waals surface area contributed by atoms with E-state index in [4.69, 9.17) is 27.8 Å². The first-order chi connectivity index (χ1) is 67.4. The number of amides is 12. The second-order valence-electron chi connectivity index (χ2n) is 38.3. The van der Waals surface area contributed by atoms with Gasteiger partial charge in [-0.1, -0.05) is 278 Å². The number of hydrogen-bond donors (Lipinski definition) is 9. The Kier molecular flexibility index (Phi) is 39.7. The van der Waals surface area contributed by atoms with Gasteiger partial charge in [0.25, 0.3) is 17.7 Å². The third-order valence-corrected chi connectivity index (χ3v) is 27.5. The van der Waals surface area contributed by atoms with Crippen molar-refractivity contribution in [1.82, 2.24) is 62.6 Å². The van der Waals surface area contributed by atoms with Crippen molar-refractivity contribution in [3.63, 3.8) is 0 Å². The van der Waals surface area contributed by atoms with Gasteiger partial charge in [-0.2, -0.15) is 0 Å². The van der Waals surface area contributed by atoms with Gasteiger partial charge < -0.3 is 76.8 Å². The van der Waals surface area contributed by atoms with Gasteiger partial charge >= 0.3 is 25.9 Å². The molecule has 12 atom stereocenters. The molecule has 12 rings (SSSR count). The molecule has 140 heavy (non-hydrogen) atoms. The highest BCUT2D eigenvalue weighted by Crippen LogP contribution is 2.56. The average Bonchev–Trinajstić information content (AvgIpc) is 0.783. The van der Waals surface area contributed by atoms with Crippen molar-refractivity contribution < 1.29 is 75.5 Å². The molecule has 3 aliphatic rings. The van der Waals surface area contributed by atoms with E-state index in [1.807, 2.05) is 320 Å². The first-order valence-corrected chi connectivity index (χ1v) is 50.8. The average molecular weight is 1930 g/mol. The van der Waals surface area contributed by atoms with E-state index in [1.165, 1.54) is 14.7 Å². The number of ether oxygens (including phenoxy) is 3. The molecule has 28 nitrogen and oxygen atoms in total. The Morgan fingerprint density at radius 3 is 0.729 bits per heavy atom. The predicted molar refractivity (Wildman–Crippen MR) is 543 cm³/mol. The van der Waals surface area contributed by atoms with Gasteiger partial charge in [0.05, 0.1) is 36.4 Å². The van der Waals surface area contributed by atoms with Gasteiger partial charge in [-0.05, 0) is 203 Å². The Hall–Kier alpha value is -12.9. The van der Waals surface area contributed by atoms with Crippen molar-refractivity contribution in [3.8, 4) is 17.2 Å². The number of rotatable bonds is 51. The monoisotopic (exact) mass is 1930 g/mol. The molecule has 0 aromatic heterocycles. The smallest absolute Gasteiger partial charge is 0.475 e. The summed E-state index contributed by atoms with van der Waals surface area (Å²) in [6.45, 7) is 22.8. The molecule has 0 spiro atoms. The minimum absolute atomic E-state index is 0.0571. The Morgan fingerprint density at radius 1 is 0.307 bits per heavy atom. The lowest BCUT2D eigenvalue weighted by Gasteiger charge is -2.40. The standard InChI is InChI=1S/C111H141N12O16P/c1-73(2)100(121-58-34-55-112-109(121)130)106(127)115-88(61-82-43-19-13-20-44-82)67-94(91(64-85-49-25-16-26-50-85)118-97(124)70-134-103-76(7)37-31-38-77(103)8)137-140(133,138-95(92(65-86-51-27-17-28-52-86)119-98(125)71-135-104-78(9)39-32-40-79(104)10)68-89(62-83-45-21-14-22-46-83)116-107(128)101(74(3)4)122-59-35-56-113-110(122)131)139-96(93(66-87-53-29-18-30-54-87)120-99(126)72-136-105-80(11)41-33-42-81(105)12)69-90(63-84-47-23-15-24-48-84)117-108(129)102(75(5)6)123-60-36-57-114-111(123)132/h13-33,37-54,73-75,88-96,100-102H,34-36,55-72H2,1-12H3,(H,112,130)(H,113,131)(H,114,132)(H,115,127)(H,116,128)(H,117,129)(H,118,124)(H,119,125)(H,120,126)/t88-,89-,90-,91-,92-,93-,94-,95-,96-,100-,101-,102-/m0/s1. The lowest BCUT2D eigenvalue weighted by Crippen LogP contribution is -2.60. The van der Waals surface area contributed by atoms with Crippen LogP contribution < -0.4 is 62.1 Å². The van der Waals surface area contributed by atoms with Gasteiger partial charge in [0.2, 0.25) is 17.7 Å². The van der Waals surface area contributed by atoms with Crippen molar-refractivity contribution in [2.45, 2.75) is 233 Å². The molecular formula is C111H141N12O16P. The molecule has 9 N–H and O–H groups in total. The molecule has 746 valence electrons. The maximum absolute atomic E-state index is 19.6. The van der Waals surface area contributed by atoms with Crippen LogP contribution in [0, 0.1) is 59.3 Å². The molecule has 9 aromatic carbocycles. The number of phosphoric acid groups is 1. The van der Waals surface area contributed by atoms with Gasteiger partial charge in [-0.3, -0.25) is 42.3 Å². The number of hydrogen-bond acceptors (Lipinski definition) is 16. The van der Waals surface area contributed by atoms with Crippen LogP contribution in [-0.4, -0.2) is 200 Å². The summed E-state index contributed by atoms with van der Waals surface area (Å²) >= 11 is 0. The number of urea groups is 3. The Morgan fingerprint density at radius 2 is 0.521 bits per heavy atom. The summed E-state index contributed by atoms with van der Waals surface area (Å²) in [6.07, 6.45) is -4.52. The van der Waals surface area contributed by atoms with Crippen LogP contribution in [0.5, 0.6) is 17.2 Å². The highest BCUT2D eigenvalue weighted by atomic mass is 31.2. The highest BCUT2D eigenvalue weighted by molar-refractivity contribution is 7.48. The van der Waals surface area contributed by atoms with Gasteiger partial charge in [0, 0.05) is 57.4 Å². The number of nitrogens with one attached hydrogen (secondary N) is 9. The van der Waals surface area contributed by atoms with Crippen molar-refractivity contribution in [2.75, 3.05) is 59.1 Å². The number of phosphoric ester groups is 1. The highest BCUT2D eigenvalue weighted by Gasteiger charge is 2.48. The van der Waals surface area contributed by atoms with E-state index in [1.54, 1.807) is 0 Å². The van der Waals surface area contributed by atoms with Gasteiger partial charge in [0.15, 0.2) is 19.8 Å². The van der Waals surface area contributed by atoms with Crippen LogP contribution >= 0.6 is 7.82 Å². The third kappa shape index (κ3) is 31.3. The quantitative estimate of drug-likeness (QED) is 0.0160. The lowest BCUT2D eigenvalue weighted by molar-refractivity contribution is -0.129. The van der Waals surface area contributed by atoms with Crippen molar-refractivity contribution in [1.29, 1.82) is 0 Å². The molecule has 3 saturated heterocycles. The maximum atomic E-state index is 19.6. The molecule has 0 unspecified atom stereocenters. The van der Waals surface area contributed by atoms with Crippen molar-refractivity contribution in [2.24, 2.45) is 17.8 Å². The van der Waals surface area contributed by atoms with E-state index in [-0.39, 0.29) is 77.4 Å². The summed E-state index contributed by atoms with van der Waals surface area (Å²) in [5.41, 5.74) is 8.69. The minimum atomic E-state index is -6.01. The Labute approximate surface area is 825 Å².